The van der Waals surface area contributed by atoms with E-state index >= 15 is 0 Å². The maximum atomic E-state index is 5.28. The van der Waals surface area contributed by atoms with Gasteiger partial charge in [-0.3, -0.25) is 0 Å². The number of nitrogens with one attached hydrogen (secondary N) is 2. The molecule has 0 aromatic heterocycles. The van der Waals surface area contributed by atoms with Crippen LogP contribution in [0.2, 0.25) is 0 Å². The van der Waals surface area contributed by atoms with Crippen molar-refractivity contribution in [2.24, 2.45) is 0 Å². The summed E-state index contributed by atoms with van der Waals surface area (Å²) >= 11 is 5.25. The maximum absolute atomic E-state index is 5.28. The number of benzene rings is 1. The minimum Gasteiger partial charge on any atom is -0.493 e. The van der Waals surface area contributed by atoms with E-state index in [2.05, 4.69) is 29.6 Å². The van der Waals surface area contributed by atoms with Gasteiger partial charge in [0, 0.05) is 13.1 Å². The van der Waals surface area contributed by atoms with Gasteiger partial charge in [-0.1, -0.05) is 6.07 Å². The monoisotopic (exact) mass is 311 g/mol. The molecule has 6 heteroatoms. The third-order valence-electron chi connectivity index (χ3n) is 2.97. The highest BCUT2D eigenvalue weighted by Crippen LogP contribution is 2.27. The van der Waals surface area contributed by atoms with Gasteiger partial charge in [-0.05, 0) is 57.0 Å². The fourth-order valence-corrected chi connectivity index (χ4v) is 2.01. The number of hydrogen-bond donors (Lipinski definition) is 2. The molecule has 1 aromatic rings. The Morgan fingerprint density at radius 3 is 2.48 bits per heavy atom. The molecule has 0 bridgehead atoms. The number of nitrogens with zero attached hydrogens (tertiary/aromatic N) is 1. The van der Waals surface area contributed by atoms with Gasteiger partial charge in [0.1, 0.15) is 0 Å². The van der Waals surface area contributed by atoms with Crippen LogP contribution >= 0.6 is 12.2 Å². The molecule has 0 radical (unpaired) electrons. The lowest BCUT2D eigenvalue weighted by molar-refractivity contribution is 0.354. The van der Waals surface area contributed by atoms with E-state index in [1.807, 2.05) is 18.2 Å². The lowest BCUT2D eigenvalue weighted by Gasteiger charge is -2.13. The molecule has 0 saturated carbocycles. The molecule has 118 valence electrons. The van der Waals surface area contributed by atoms with Crippen molar-refractivity contribution in [1.82, 2.24) is 15.5 Å². The Hall–Kier alpha value is -1.53. The maximum Gasteiger partial charge on any atom is 0.166 e. The molecule has 5 nitrogen and oxygen atoms in total. The molecule has 1 aromatic carbocycles. The summed E-state index contributed by atoms with van der Waals surface area (Å²) in [6.07, 6.45) is 1.06. The second-order valence-electron chi connectivity index (χ2n) is 4.96. The first-order valence-corrected chi connectivity index (χ1v) is 7.35. The number of thiocarbonyl (C=S) groups is 1. The van der Waals surface area contributed by atoms with Crippen molar-refractivity contribution in [2.45, 2.75) is 13.0 Å². The van der Waals surface area contributed by atoms with Crippen molar-refractivity contribution in [2.75, 3.05) is 41.4 Å². The minimum atomic E-state index is 0.653. The topological polar surface area (TPSA) is 45.8 Å². The van der Waals surface area contributed by atoms with Crippen LogP contribution in [0.1, 0.15) is 12.0 Å². The molecule has 0 aliphatic rings. The first-order chi connectivity index (χ1) is 10.1. The van der Waals surface area contributed by atoms with Crippen molar-refractivity contribution >= 4 is 17.3 Å². The first-order valence-electron chi connectivity index (χ1n) is 6.94. The molecule has 0 atom stereocenters. The van der Waals surface area contributed by atoms with Crippen LogP contribution in [0.15, 0.2) is 18.2 Å². The standard InChI is InChI=1S/C15H25N3O2S/c1-18(2)9-5-8-16-15(21)17-11-12-6-7-13(19-3)14(10-12)20-4/h6-7,10H,5,8-9,11H2,1-4H3,(H2,16,17,21). The van der Waals surface area contributed by atoms with Crippen molar-refractivity contribution in [3.8, 4) is 11.5 Å². The first kappa shape index (κ1) is 17.5. The van der Waals surface area contributed by atoms with Gasteiger partial charge in [0.05, 0.1) is 14.2 Å². The molecule has 0 aliphatic heterocycles. The van der Waals surface area contributed by atoms with E-state index in [1.54, 1.807) is 14.2 Å². The van der Waals surface area contributed by atoms with Gasteiger partial charge < -0.3 is 25.0 Å². The van der Waals surface area contributed by atoms with Crippen molar-refractivity contribution in [3.63, 3.8) is 0 Å². The van der Waals surface area contributed by atoms with E-state index in [4.69, 9.17) is 21.7 Å². The van der Waals surface area contributed by atoms with Crippen molar-refractivity contribution in [3.05, 3.63) is 23.8 Å². The molecule has 0 saturated heterocycles. The molecular formula is C15H25N3O2S. The zero-order valence-corrected chi connectivity index (χ0v) is 14.0. The van der Waals surface area contributed by atoms with Crippen LogP contribution in [0.3, 0.4) is 0 Å². The second kappa shape index (κ2) is 9.41. The van der Waals surface area contributed by atoms with Crippen LogP contribution in [0.5, 0.6) is 11.5 Å². The molecule has 0 fully saturated rings. The zero-order valence-electron chi connectivity index (χ0n) is 13.2. The molecule has 0 amide bonds. The predicted octanol–water partition coefficient (Wildman–Crippen LogP) is 1.62. The normalized spacial score (nSPS) is 10.3. The van der Waals surface area contributed by atoms with E-state index < -0.39 is 0 Å². The highest BCUT2D eigenvalue weighted by Gasteiger charge is 2.04. The molecule has 0 heterocycles. The molecule has 0 spiro atoms. The van der Waals surface area contributed by atoms with Gasteiger partial charge in [-0.15, -0.1) is 0 Å². The van der Waals surface area contributed by atoms with Gasteiger partial charge in [0.2, 0.25) is 0 Å². The third-order valence-corrected chi connectivity index (χ3v) is 3.26. The Morgan fingerprint density at radius 2 is 1.86 bits per heavy atom. The molecule has 0 aliphatic carbocycles. The highest BCUT2D eigenvalue weighted by molar-refractivity contribution is 7.80. The lowest BCUT2D eigenvalue weighted by atomic mass is 10.2. The van der Waals surface area contributed by atoms with E-state index in [1.165, 1.54) is 0 Å². The van der Waals surface area contributed by atoms with E-state index in [9.17, 15) is 0 Å². The van der Waals surface area contributed by atoms with Crippen molar-refractivity contribution in [1.29, 1.82) is 0 Å². The summed E-state index contributed by atoms with van der Waals surface area (Å²) in [6.45, 7) is 2.57. The lowest BCUT2D eigenvalue weighted by Crippen LogP contribution is -2.36. The SMILES string of the molecule is COc1ccc(CNC(=S)NCCCN(C)C)cc1OC. The summed E-state index contributed by atoms with van der Waals surface area (Å²) in [5.74, 6) is 1.45. The average molecular weight is 311 g/mol. The molecule has 1 rings (SSSR count). The third kappa shape index (κ3) is 6.64. The van der Waals surface area contributed by atoms with Crippen LogP contribution in [0.4, 0.5) is 0 Å². The smallest absolute Gasteiger partial charge is 0.166 e. The summed E-state index contributed by atoms with van der Waals surface area (Å²) in [5.41, 5.74) is 1.09. The van der Waals surface area contributed by atoms with Crippen LogP contribution in [0, 0.1) is 0 Å². The number of hydrogen-bond acceptors (Lipinski definition) is 4. The second-order valence-corrected chi connectivity index (χ2v) is 5.36. The number of rotatable bonds is 8. The van der Waals surface area contributed by atoms with Gasteiger partial charge in [-0.25, -0.2) is 0 Å². The van der Waals surface area contributed by atoms with Crippen LogP contribution < -0.4 is 20.1 Å². The summed E-state index contributed by atoms with van der Waals surface area (Å²) in [5, 5.41) is 7.05. The average Bonchev–Trinajstić information content (AvgIpc) is 2.48. The van der Waals surface area contributed by atoms with E-state index in [0.717, 1.165) is 36.6 Å². The molecular weight excluding hydrogens is 286 g/mol. The van der Waals surface area contributed by atoms with E-state index in [-0.39, 0.29) is 0 Å². The fraction of sp³-hybridized carbons (Fsp3) is 0.533. The number of methoxy groups -OCH3 is 2. The molecule has 21 heavy (non-hydrogen) atoms. The van der Waals surface area contributed by atoms with Crippen LogP contribution in [-0.4, -0.2) is 51.4 Å². The Bertz CT molecular complexity index is 453. The van der Waals surface area contributed by atoms with Crippen LogP contribution in [0.25, 0.3) is 0 Å². The highest BCUT2D eigenvalue weighted by atomic mass is 32.1. The predicted molar refractivity (Wildman–Crippen MR) is 90.2 cm³/mol. The van der Waals surface area contributed by atoms with Gasteiger partial charge >= 0.3 is 0 Å². The Kier molecular flexibility index (Phi) is 7.85. The fourth-order valence-electron chi connectivity index (χ4n) is 1.83. The van der Waals surface area contributed by atoms with Gasteiger partial charge in [0.15, 0.2) is 16.6 Å². The van der Waals surface area contributed by atoms with E-state index in [0.29, 0.717) is 11.7 Å². The summed E-state index contributed by atoms with van der Waals surface area (Å²) in [7, 11) is 7.38. The Morgan fingerprint density at radius 1 is 1.14 bits per heavy atom. The largest absolute Gasteiger partial charge is 0.493 e. The minimum absolute atomic E-state index is 0.653. The molecule has 2 N–H and O–H groups in total. The zero-order chi connectivity index (χ0) is 15.7. The van der Waals surface area contributed by atoms with Gasteiger partial charge in [-0.2, -0.15) is 0 Å². The van der Waals surface area contributed by atoms with Crippen molar-refractivity contribution < 1.29 is 9.47 Å². The quantitative estimate of drug-likeness (QED) is 0.562. The summed E-state index contributed by atoms with van der Waals surface area (Å²) in [6, 6.07) is 5.83. The van der Waals surface area contributed by atoms with Gasteiger partial charge in [0.25, 0.3) is 0 Å². The van der Waals surface area contributed by atoms with Crippen LogP contribution in [-0.2, 0) is 6.54 Å². The Labute approximate surface area is 132 Å². The summed E-state index contributed by atoms with van der Waals surface area (Å²) in [4.78, 5) is 2.15. The summed E-state index contributed by atoms with van der Waals surface area (Å²) < 4.78 is 10.5. The molecule has 0 unspecified atom stereocenters. The Balaban J connectivity index is 2.36. The number of ether oxygens (including phenoxy) is 2.